The zero-order valence-corrected chi connectivity index (χ0v) is 9.07. The van der Waals surface area contributed by atoms with E-state index in [1.165, 1.54) is 11.3 Å². The van der Waals surface area contributed by atoms with Crippen LogP contribution in [0.3, 0.4) is 0 Å². The molecule has 0 aliphatic carbocycles. The van der Waals surface area contributed by atoms with Crippen molar-refractivity contribution in [2.75, 3.05) is 26.4 Å². The first-order chi connectivity index (χ1) is 7.33. The lowest BCUT2D eigenvalue weighted by molar-refractivity contribution is -0.0183. The molecule has 1 N–H and O–H groups in total. The van der Waals surface area contributed by atoms with Gasteiger partial charge < -0.3 is 14.7 Å². The number of aliphatic hydroxyl groups is 1. The predicted octanol–water partition coefficient (Wildman–Crippen LogP) is 0.581. The summed E-state index contributed by atoms with van der Waals surface area (Å²) in [5.74, 6) is -0.0152. The van der Waals surface area contributed by atoms with Crippen LogP contribution in [0.2, 0.25) is 0 Å². The Balaban J connectivity index is 2.11. The predicted molar refractivity (Wildman–Crippen MR) is 57.0 cm³/mol. The van der Waals surface area contributed by atoms with E-state index in [-0.39, 0.29) is 18.6 Å². The summed E-state index contributed by atoms with van der Waals surface area (Å²) in [6.07, 6.45) is 0. The number of nitrogens with zero attached hydrogens (tertiary/aromatic N) is 1. The number of rotatable bonds is 2. The van der Waals surface area contributed by atoms with E-state index in [2.05, 4.69) is 0 Å². The van der Waals surface area contributed by atoms with Crippen molar-refractivity contribution in [3.8, 4) is 0 Å². The highest BCUT2D eigenvalue weighted by atomic mass is 32.1. The molecule has 2 rings (SSSR count). The molecule has 0 aromatic carbocycles. The third-order valence-corrected chi connectivity index (χ3v) is 3.15. The Kier molecular flexibility index (Phi) is 3.35. The van der Waals surface area contributed by atoms with Crippen molar-refractivity contribution in [1.82, 2.24) is 4.90 Å². The minimum Gasteiger partial charge on any atom is -0.394 e. The average molecular weight is 227 g/mol. The number of carbonyl (C=O) groups is 1. The molecule has 1 atom stereocenters. The second-order valence-electron chi connectivity index (χ2n) is 3.42. The van der Waals surface area contributed by atoms with Crippen LogP contribution in [0, 0.1) is 0 Å². The van der Waals surface area contributed by atoms with Gasteiger partial charge in [-0.3, -0.25) is 4.79 Å². The van der Waals surface area contributed by atoms with Gasteiger partial charge >= 0.3 is 0 Å². The lowest BCUT2D eigenvalue weighted by Crippen LogP contribution is -2.50. The molecule has 1 amide bonds. The summed E-state index contributed by atoms with van der Waals surface area (Å²) in [5, 5.41) is 12.8. The fourth-order valence-electron chi connectivity index (χ4n) is 1.63. The van der Waals surface area contributed by atoms with Gasteiger partial charge in [0, 0.05) is 11.9 Å². The van der Waals surface area contributed by atoms with E-state index in [0.717, 1.165) is 0 Å². The number of ether oxygens (including phenoxy) is 1. The van der Waals surface area contributed by atoms with Crippen molar-refractivity contribution < 1.29 is 14.6 Å². The Hall–Kier alpha value is -0.910. The molecule has 1 fully saturated rings. The summed E-state index contributed by atoms with van der Waals surface area (Å²) < 4.78 is 5.22. The molecule has 0 radical (unpaired) electrons. The minimum absolute atomic E-state index is 0.0152. The van der Waals surface area contributed by atoms with E-state index in [9.17, 15) is 4.79 Å². The van der Waals surface area contributed by atoms with Crippen molar-refractivity contribution in [3.05, 3.63) is 22.4 Å². The molecule has 1 unspecified atom stereocenters. The third-order valence-electron chi connectivity index (χ3n) is 2.47. The fourth-order valence-corrected chi connectivity index (χ4v) is 2.26. The first kappa shape index (κ1) is 10.6. The molecule has 5 heteroatoms. The Labute approximate surface area is 92.1 Å². The van der Waals surface area contributed by atoms with E-state index >= 15 is 0 Å². The zero-order chi connectivity index (χ0) is 10.7. The summed E-state index contributed by atoms with van der Waals surface area (Å²) in [5.41, 5.74) is 0.695. The summed E-state index contributed by atoms with van der Waals surface area (Å²) >= 11 is 1.50. The fraction of sp³-hybridized carbons (Fsp3) is 0.500. The smallest absolute Gasteiger partial charge is 0.255 e. The maximum atomic E-state index is 12.0. The van der Waals surface area contributed by atoms with E-state index in [1.54, 1.807) is 11.0 Å². The SMILES string of the molecule is O=C(c1ccsc1)N1CCOCC1CO. The first-order valence-electron chi connectivity index (χ1n) is 4.84. The molecular formula is C10H13NO3S. The van der Waals surface area contributed by atoms with Gasteiger partial charge in [-0.1, -0.05) is 0 Å². The summed E-state index contributed by atoms with van der Waals surface area (Å²) in [6, 6.07) is 1.60. The van der Waals surface area contributed by atoms with Gasteiger partial charge in [-0.2, -0.15) is 11.3 Å². The number of thiophene rings is 1. The average Bonchev–Trinajstić information content (AvgIpc) is 2.81. The summed E-state index contributed by atoms with van der Waals surface area (Å²) in [4.78, 5) is 13.7. The van der Waals surface area contributed by atoms with Crippen LogP contribution in [0.15, 0.2) is 16.8 Å². The van der Waals surface area contributed by atoms with Crippen molar-refractivity contribution in [3.63, 3.8) is 0 Å². The third kappa shape index (κ3) is 2.19. The number of amides is 1. The van der Waals surface area contributed by atoms with Crippen LogP contribution >= 0.6 is 11.3 Å². The largest absolute Gasteiger partial charge is 0.394 e. The highest BCUT2D eigenvalue weighted by Crippen LogP contribution is 2.14. The van der Waals surface area contributed by atoms with E-state index in [1.807, 2.05) is 10.8 Å². The van der Waals surface area contributed by atoms with E-state index in [4.69, 9.17) is 9.84 Å². The van der Waals surface area contributed by atoms with Crippen molar-refractivity contribution in [2.45, 2.75) is 6.04 Å². The second-order valence-corrected chi connectivity index (χ2v) is 4.20. The molecule has 0 bridgehead atoms. The number of hydrogen-bond acceptors (Lipinski definition) is 4. The topological polar surface area (TPSA) is 49.8 Å². The molecule has 0 spiro atoms. The molecule has 1 aromatic heterocycles. The highest BCUT2D eigenvalue weighted by Gasteiger charge is 2.27. The molecule has 15 heavy (non-hydrogen) atoms. The van der Waals surface area contributed by atoms with Gasteiger partial charge in [-0.25, -0.2) is 0 Å². The van der Waals surface area contributed by atoms with Crippen molar-refractivity contribution in [2.24, 2.45) is 0 Å². The van der Waals surface area contributed by atoms with Crippen LogP contribution in [0.5, 0.6) is 0 Å². The maximum Gasteiger partial charge on any atom is 0.255 e. The lowest BCUT2D eigenvalue weighted by Gasteiger charge is -2.34. The van der Waals surface area contributed by atoms with E-state index < -0.39 is 0 Å². The first-order valence-corrected chi connectivity index (χ1v) is 5.79. The Morgan fingerprint density at radius 1 is 1.73 bits per heavy atom. The van der Waals surface area contributed by atoms with Crippen LogP contribution < -0.4 is 0 Å². The molecule has 0 saturated carbocycles. The van der Waals surface area contributed by atoms with Gasteiger partial charge in [0.15, 0.2) is 0 Å². The summed E-state index contributed by atoms with van der Waals surface area (Å²) in [7, 11) is 0. The standard InChI is InChI=1S/C10H13NO3S/c12-5-9-6-14-3-2-11(9)10(13)8-1-4-15-7-8/h1,4,7,9,12H,2-3,5-6H2. The number of morpholine rings is 1. The maximum absolute atomic E-state index is 12.0. The van der Waals surface area contributed by atoms with E-state index in [0.29, 0.717) is 25.3 Å². The van der Waals surface area contributed by atoms with Gasteiger partial charge in [-0.05, 0) is 11.4 Å². The normalized spacial score (nSPS) is 21.7. The van der Waals surface area contributed by atoms with Crippen LogP contribution in [-0.2, 0) is 4.74 Å². The molecule has 1 aliphatic heterocycles. The Morgan fingerprint density at radius 2 is 2.60 bits per heavy atom. The van der Waals surface area contributed by atoms with Gasteiger partial charge in [0.1, 0.15) is 0 Å². The van der Waals surface area contributed by atoms with Crippen molar-refractivity contribution >= 4 is 17.2 Å². The van der Waals surface area contributed by atoms with Crippen LogP contribution in [-0.4, -0.2) is 48.3 Å². The number of hydrogen-bond donors (Lipinski definition) is 1. The van der Waals surface area contributed by atoms with Crippen molar-refractivity contribution in [1.29, 1.82) is 0 Å². The van der Waals surface area contributed by atoms with Gasteiger partial charge in [0.05, 0.1) is 31.4 Å². The number of aliphatic hydroxyl groups excluding tert-OH is 1. The molecule has 4 nitrogen and oxygen atoms in total. The quantitative estimate of drug-likeness (QED) is 0.804. The minimum atomic E-state index is -0.203. The van der Waals surface area contributed by atoms with Crippen LogP contribution in [0.25, 0.3) is 0 Å². The van der Waals surface area contributed by atoms with Gasteiger partial charge in [-0.15, -0.1) is 0 Å². The molecule has 82 valence electrons. The molecule has 1 aromatic rings. The second kappa shape index (κ2) is 4.74. The van der Waals surface area contributed by atoms with Crippen LogP contribution in [0.1, 0.15) is 10.4 Å². The molecule has 1 saturated heterocycles. The lowest BCUT2D eigenvalue weighted by atomic mass is 10.2. The van der Waals surface area contributed by atoms with Gasteiger partial charge in [0.25, 0.3) is 5.91 Å². The van der Waals surface area contributed by atoms with Gasteiger partial charge in [0.2, 0.25) is 0 Å². The number of carbonyl (C=O) groups excluding carboxylic acids is 1. The summed E-state index contributed by atoms with van der Waals surface area (Å²) in [6.45, 7) is 1.48. The Bertz CT molecular complexity index is 325. The zero-order valence-electron chi connectivity index (χ0n) is 8.26. The molecule has 2 heterocycles. The highest BCUT2D eigenvalue weighted by molar-refractivity contribution is 7.08. The molecular weight excluding hydrogens is 214 g/mol. The van der Waals surface area contributed by atoms with Crippen LogP contribution in [0.4, 0.5) is 0 Å². The monoisotopic (exact) mass is 227 g/mol. The molecule has 1 aliphatic rings. The Morgan fingerprint density at radius 3 is 3.27 bits per heavy atom.